The predicted octanol–water partition coefficient (Wildman–Crippen LogP) is 2.05. The zero-order valence-electron chi connectivity index (χ0n) is 15.5. The number of rotatable bonds is 8. The number of aryl methyl sites for hydroxylation is 1. The molecule has 1 aliphatic heterocycles. The van der Waals surface area contributed by atoms with Gasteiger partial charge in [-0.3, -0.25) is 5.43 Å². The maximum absolute atomic E-state index is 9.90. The average molecular weight is 388 g/mol. The van der Waals surface area contributed by atoms with Crippen molar-refractivity contribution in [2.45, 2.75) is 6.92 Å². The summed E-state index contributed by atoms with van der Waals surface area (Å²) < 4.78 is 5.64. The van der Waals surface area contributed by atoms with E-state index < -0.39 is 0 Å². The smallest absolute Gasteiger partial charge is 0.320 e. The van der Waals surface area contributed by atoms with Crippen molar-refractivity contribution in [3.8, 4) is 11.8 Å². The Morgan fingerprint density at radius 3 is 3.04 bits per heavy atom. The van der Waals surface area contributed by atoms with Gasteiger partial charge in [-0.15, -0.1) is 11.8 Å². The number of nitrogens with zero attached hydrogens (tertiary/aromatic N) is 4. The number of hydrogen-bond donors (Lipinski definition) is 3. The zero-order valence-corrected chi connectivity index (χ0v) is 16.3. The molecule has 2 heterocycles. The van der Waals surface area contributed by atoms with Gasteiger partial charge in [0.1, 0.15) is 18.2 Å². The van der Waals surface area contributed by atoms with Gasteiger partial charge in [-0.05, 0) is 26.1 Å². The Morgan fingerprint density at radius 1 is 1.37 bits per heavy atom. The molecule has 0 spiro atoms. The third-order valence-corrected chi connectivity index (χ3v) is 4.88. The van der Waals surface area contributed by atoms with Crippen molar-refractivity contribution in [2.75, 3.05) is 48.7 Å². The van der Waals surface area contributed by atoms with E-state index in [9.17, 15) is 5.11 Å². The lowest BCUT2D eigenvalue weighted by molar-refractivity contribution is 0.294. The molecule has 0 unspecified atom stereocenters. The summed E-state index contributed by atoms with van der Waals surface area (Å²) in [7, 11) is 1.87. The number of nitrogens with one attached hydrogen (secondary N) is 2. The quantitative estimate of drug-likeness (QED) is 0.359. The van der Waals surface area contributed by atoms with Crippen molar-refractivity contribution in [3.05, 3.63) is 35.4 Å². The fourth-order valence-electron chi connectivity index (χ4n) is 2.48. The van der Waals surface area contributed by atoms with E-state index in [0.29, 0.717) is 30.5 Å². The lowest BCUT2D eigenvalue weighted by Gasteiger charge is -2.17. The molecule has 0 atom stereocenters. The molecule has 9 heteroatoms. The summed E-state index contributed by atoms with van der Waals surface area (Å²) in [5, 5.41) is 17.1. The highest BCUT2D eigenvalue weighted by Gasteiger charge is 2.16. The monoisotopic (exact) mass is 388 g/mol. The van der Waals surface area contributed by atoms with Gasteiger partial charge in [0.2, 0.25) is 0 Å². The van der Waals surface area contributed by atoms with E-state index in [2.05, 4.69) is 30.7 Å². The van der Waals surface area contributed by atoms with Crippen LogP contribution in [0.15, 0.2) is 29.4 Å². The lowest BCUT2D eigenvalue weighted by atomic mass is 10.1. The molecular formula is C18H24N6O2S. The highest BCUT2D eigenvalue weighted by atomic mass is 32.2. The summed E-state index contributed by atoms with van der Waals surface area (Å²) >= 11 is 1.87. The average Bonchev–Trinajstić information content (AvgIpc) is 3.19. The molecule has 1 fully saturated rings. The van der Waals surface area contributed by atoms with Crippen molar-refractivity contribution in [3.63, 3.8) is 0 Å². The van der Waals surface area contributed by atoms with Gasteiger partial charge in [0.15, 0.2) is 5.82 Å². The van der Waals surface area contributed by atoms with Gasteiger partial charge in [-0.2, -0.15) is 15.1 Å². The topological polar surface area (TPSA) is 94.9 Å². The van der Waals surface area contributed by atoms with Crippen LogP contribution in [0.1, 0.15) is 11.1 Å². The second-order valence-corrected chi connectivity index (χ2v) is 7.15. The predicted molar refractivity (Wildman–Crippen MR) is 110 cm³/mol. The highest BCUT2D eigenvalue weighted by molar-refractivity contribution is 7.99. The van der Waals surface area contributed by atoms with Crippen molar-refractivity contribution >= 4 is 29.6 Å². The van der Waals surface area contributed by atoms with Crippen LogP contribution in [0.4, 0.5) is 11.6 Å². The van der Waals surface area contributed by atoms with E-state index >= 15 is 0 Å². The number of hydrogen-bond acceptors (Lipinski definition) is 9. The number of likely N-dealkylation sites (N-methyl/N-ethyl adjacent to an activating group) is 1. The lowest BCUT2D eigenvalue weighted by Crippen LogP contribution is -2.21. The molecule has 0 radical (unpaired) electrons. The molecule has 3 rings (SSSR count). The Balaban J connectivity index is 1.76. The number of anilines is 2. The first-order valence-corrected chi connectivity index (χ1v) is 9.89. The Hall–Kier alpha value is -2.52. The van der Waals surface area contributed by atoms with E-state index in [-0.39, 0.29) is 5.75 Å². The maximum atomic E-state index is 9.90. The molecule has 0 bridgehead atoms. The molecule has 1 aliphatic rings. The standard InChI is InChI=1S/C18H24N6O2S/c1-13-3-4-15(25)14(9-13)11-20-23-16-10-17(24-6-8-27-12-24)22-18(21-16)26-7-5-19-2/h3-4,9-11,19,25H,5-8,12H2,1-2H3,(H,21,22,23). The van der Waals surface area contributed by atoms with Gasteiger partial charge in [0.05, 0.1) is 12.1 Å². The second-order valence-electron chi connectivity index (χ2n) is 6.08. The van der Waals surface area contributed by atoms with E-state index in [0.717, 1.165) is 29.6 Å². The second kappa shape index (κ2) is 9.43. The fraction of sp³-hybridized carbons (Fsp3) is 0.389. The fourth-order valence-corrected chi connectivity index (χ4v) is 3.44. The Bertz CT molecular complexity index is 795. The van der Waals surface area contributed by atoms with Gasteiger partial charge in [0.25, 0.3) is 0 Å². The molecule has 0 amide bonds. The molecule has 2 aromatic rings. The van der Waals surface area contributed by atoms with Gasteiger partial charge >= 0.3 is 6.01 Å². The molecule has 3 N–H and O–H groups in total. The number of aromatic hydroxyl groups is 1. The van der Waals surface area contributed by atoms with E-state index in [4.69, 9.17) is 4.74 Å². The molecule has 27 heavy (non-hydrogen) atoms. The van der Waals surface area contributed by atoms with E-state index in [1.807, 2.05) is 43.9 Å². The van der Waals surface area contributed by atoms with Crippen LogP contribution in [0, 0.1) is 6.92 Å². The molecular weight excluding hydrogens is 364 g/mol. The van der Waals surface area contributed by atoms with Crippen molar-refractivity contribution < 1.29 is 9.84 Å². The van der Waals surface area contributed by atoms with Gasteiger partial charge < -0.3 is 20.1 Å². The van der Waals surface area contributed by atoms with Gasteiger partial charge in [-0.25, -0.2) is 0 Å². The first-order chi connectivity index (χ1) is 13.2. The summed E-state index contributed by atoms with van der Waals surface area (Å²) in [6.45, 7) is 4.09. The molecule has 1 saturated heterocycles. The van der Waals surface area contributed by atoms with Crippen LogP contribution < -0.4 is 20.4 Å². The first kappa shape index (κ1) is 19.2. The summed E-state index contributed by atoms with van der Waals surface area (Å²) in [5.41, 5.74) is 4.60. The van der Waals surface area contributed by atoms with Crippen molar-refractivity contribution in [2.24, 2.45) is 5.10 Å². The minimum absolute atomic E-state index is 0.180. The summed E-state index contributed by atoms with van der Waals surface area (Å²) in [4.78, 5) is 11.0. The van der Waals surface area contributed by atoms with Crippen molar-refractivity contribution in [1.82, 2.24) is 15.3 Å². The van der Waals surface area contributed by atoms with Gasteiger partial charge in [0, 0.05) is 30.5 Å². The normalized spacial score (nSPS) is 14.1. The number of hydrazone groups is 1. The number of aromatic nitrogens is 2. The zero-order chi connectivity index (χ0) is 19.1. The number of phenols is 1. The summed E-state index contributed by atoms with van der Waals surface area (Å²) in [5.74, 6) is 3.50. The van der Waals surface area contributed by atoms with Crippen molar-refractivity contribution in [1.29, 1.82) is 0 Å². The summed E-state index contributed by atoms with van der Waals surface area (Å²) in [6, 6.07) is 7.53. The molecule has 8 nitrogen and oxygen atoms in total. The minimum Gasteiger partial charge on any atom is -0.507 e. The summed E-state index contributed by atoms with van der Waals surface area (Å²) in [6.07, 6.45) is 1.57. The van der Waals surface area contributed by atoms with Crippen LogP contribution in [-0.4, -0.2) is 59.7 Å². The molecule has 144 valence electrons. The minimum atomic E-state index is 0.180. The molecule has 1 aromatic carbocycles. The van der Waals surface area contributed by atoms with Crippen LogP contribution in [0.2, 0.25) is 0 Å². The Kier molecular flexibility index (Phi) is 6.72. The first-order valence-electron chi connectivity index (χ1n) is 8.73. The van der Waals surface area contributed by atoms with E-state index in [1.165, 1.54) is 0 Å². The number of phenolic OH excluding ortho intramolecular Hbond substituents is 1. The van der Waals surface area contributed by atoms with Crippen LogP contribution >= 0.6 is 11.8 Å². The number of benzene rings is 1. The molecule has 0 aliphatic carbocycles. The Morgan fingerprint density at radius 2 is 2.26 bits per heavy atom. The largest absolute Gasteiger partial charge is 0.507 e. The third-order valence-electron chi connectivity index (χ3n) is 3.92. The van der Waals surface area contributed by atoms with E-state index in [1.54, 1.807) is 12.3 Å². The van der Waals surface area contributed by atoms with Crippen LogP contribution in [0.5, 0.6) is 11.8 Å². The van der Waals surface area contributed by atoms with Crippen LogP contribution in [-0.2, 0) is 0 Å². The van der Waals surface area contributed by atoms with Gasteiger partial charge in [-0.1, -0.05) is 11.6 Å². The van der Waals surface area contributed by atoms with Crippen LogP contribution in [0.3, 0.4) is 0 Å². The number of ether oxygens (including phenoxy) is 1. The SMILES string of the molecule is CNCCOc1nc(NN=Cc2cc(C)ccc2O)cc(N2CCSC2)n1. The Labute approximate surface area is 163 Å². The molecule has 1 aromatic heterocycles. The van der Waals surface area contributed by atoms with Crippen LogP contribution in [0.25, 0.3) is 0 Å². The third kappa shape index (κ3) is 5.48. The molecule has 0 saturated carbocycles. The number of thioether (sulfide) groups is 1. The highest BCUT2D eigenvalue weighted by Crippen LogP contribution is 2.25. The maximum Gasteiger partial charge on any atom is 0.320 e.